The van der Waals surface area contributed by atoms with Gasteiger partial charge in [-0.25, -0.2) is 0 Å². The Hall–Kier alpha value is -1.80. The third-order valence-corrected chi connectivity index (χ3v) is 4.10. The van der Waals surface area contributed by atoms with Crippen molar-refractivity contribution in [3.63, 3.8) is 0 Å². The lowest BCUT2D eigenvalue weighted by Crippen LogP contribution is -2.36. The minimum Gasteiger partial charge on any atom is -0.383 e. The maximum Gasteiger partial charge on any atom is 0.0526 e. The summed E-state index contributed by atoms with van der Waals surface area (Å²) in [4.78, 5) is 2.58. The molecule has 1 aliphatic rings. The zero-order valence-corrected chi connectivity index (χ0v) is 12.2. The Morgan fingerprint density at radius 3 is 2.45 bits per heavy atom. The predicted octanol–water partition coefficient (Wildman–Crippen LogP) is 4.06. The van der Waals surface area contributed by atoms with E-state index in [1.54, 1.807) is 0 Å². The Morgan fingerprint density at radius 1 is 1.00 bits per heavy atom. The SMILES string of the molecule is CC(C)N1Cc2ccccc2NCC1c1ccccc1. The van der Waals surface area contributed by atoms with Gasteiger partial charge in [-0.1, -0.05) is 48.5 Å². The largest absolute Gasteiger partial charge is 0.383 e. The Morgan fingerprint density at radius 2 is 1.70 bits per heavy atom. The van der Waals surface area contributed by atoms with Gasteiger partial charge >= 0.3 is 0 Å². The molecular formula is C18H22N2. The molecule has 20 heavy (non-hydrogen) atoms. The van der Waals surface area contributed by atoms with Crippen LogP contribution in [0, 0.1) is 0 Å². The van der Waals surface area contributed by atoms with Gasteiger partial charge in [0.25, 0.3) is 0 Å². The van der Waals surface area contributed by atoms with E-state index < -0.39 is 0 Å². The van der Waals surface area contributed by atoms with Gasteiger partial charge in [-0.15, -0.1) is 0 Å². The molecule has 0 amide bonds. The first kappa shape index (κ1) is 13.2. The van der Waals surface area contributed by atoms with Crippen molar-refractivity contribution in [3.05, 3.63) is 65.7 Å². The van der Waals surface area contributed by atoms with E-state index in [-0.39, 0.29) is 0 Å². The van der Waals surface area contributed by atoms with Crippen LogP contribution in [0.3, 0.4) is 0 Å². The first-order chi connectivity index (χ1) is 9.75. The van der Waals surface area contributed by atoms with Crippen molar-refractivity contribution in [2.24, 2.45) is 0 Å². The van der Waals surface area contributed by atoms with Crippen LogP contribution in [0.25, 0.3) is 0 Å². The second-order valence-corrected chi connectivity index (χ2v) is 5.73. The molecule has 1 aliphatic heterocycles. The van der Waals surface area contributed by atoms with Crippen LogP contribution in [0.2, 0.25) is 0 Å². The Kier molecular flexibility index (Phi) is 3.75. The van der Waals surface area contributed by atoms with E-state index in [2.05, 4.69) is 78.7 Å². The smallest absolute Gasteiger partial charge is 0.0526 e. The summed E-state index contributed by atoms with van der Waals surface area (Å²) in [6.45, 7) is 6.52. The first-order valence-corrected chi connectivity index (χ1v) is 7.38. The van der Waals surface area contributed by atoms with Crippen LogP contribution in [0.1, 0.15) is 31.0 Å². The third-order valence-electron chi connectivity index (χ3n) is 4.10. The van der Waals surface area contributed by atoms with Crippen molar-refractivity contribution < 1.29 is 0 Å². The molecule has 104 valence electrons. The summed E-state index contributed by atoms with van der Waals surface area (Å²) in [7, 11) is 0. The van der Waals surface area contributed by atoms with E-state index >= 15 is 0 Å². The number of para-hydroxylation sites is 1. The minimum absolute atomic E-state index is 0.420. The van der Waals surface area contributed by atoms with Crippen LogP contribution in [-0.2, 0) is 6.54 Å². The summed E-state index contributed by atoms with van der Waals surface area (Å²) >= 11 is 0. The van der Waals surface area contributed by atoms with Gasteiger partial charge in [0.15, 0.2) is 0 Å². The van der Waals surface area contributed by atoms with Crippen molar-refractivity contribution >= 4 is 5.69 Å². The number of hydrogen-bond acceptors (Lipinski definition) is 2. The molecule has 2 heteroatoms. The fraction of sp³-hybridized carbons (Fsp3) is 0.333. The molecule has 1 N–H and O–H groups in total. The topological polar surface area (TPSA) is 15.3 Å². The highest BCUT2D eigenvalue weighted by atomic mass is 15.2. The Labute approximate surface area is 121 Å². The summed E-state index contributed by atoms with van der Waals surface area (Å²) in [5.41, 5.74) is 4.05. The molecule has 2 nitrogen and oxygen atoms in total. The highest BCUT2D eigenvalue weighted by Gasteiger charge is 2.26. The molecule has 0 fully saturated rings. The number of benzene rings is 2. The van der Waals surface area contributed by atoms with Gasteiger partial charge in [0.2, 0.25) is 0 Å². The molecule has 0 aromatic heterocycles. The Bertz CT molecular complexity index is 563. The summed E-state index contributed by atoms with van der Waals surface area (Å²) in [6.07, 6.45) is 0. The molecular weight excluding hydrogens is 244 g/mol. The van der Waals surface area contributed by atoms with Crippen LogP contribution < -0.4 is 5.32 Å². The second-order valence-electron chi connectivity index (χ2n) is 5.73. The van der Waals surface area contributed by atoms with Gasteiger partial charge < -0.3 is 5.32 Å². The summed E-state index contributed by atoms with van der Waals surface area (Å²) in [5.74, 6) is 0. The molecule has 0 aliphatic carbocycles. The van der Waals surface area contributed by atoms with E-state index in [1.165, 1.54) is 16.8 Å². The van der Waals surface area contributed by atoms with E-state index in [0.717, 1.165) is 13.1 Å². The number of anilines is 1. The first-order valence-electron chi connectivity index (χ1n) is 7.38. The van der Waals surface area contributed by atoms with Crippen LogP contribution in [0.4, 0.5) is 5.69 Å². The highest BCUT2D eigenvalue weighted by molar-refractivity contribution is 5.52. The number of nitrogens with one attached hydrogen (secondary N) is 1. The monoisotopic (exact) mass is 266 g/mol. The second kappa shape index (κ2) is 5.68. The van der Waals surface area contributed by atoms with Gasteiger partial charge in [-0.2, -0.15) is 0 Å². The number of hydrogen-bond donors (Lipinski definition) is 1. The fourth-order valence-electron chi connectivity index (χ4n) is 2.99. The third kappa shape index (κ3) is 2.56. The van der Waals surface area contributed by atoms with Crippen molar-refractivity contribution in [2.75, 3.05) is 11.9 Å². The van der Waals surface area contributed by atoms with Crippen LogP contribution in [0.15, 0.2) is 54.6 Å². The molecule has 0 spiro atoms. The maximum atomic E-state index is 3.62. The molecule has 2 aromatic carbocycles. The molecule has 1 heterocycles. The van der Waals surface area contributed by atoms with E-state index in [0.29, 0.717) is 12.1 Å². The molecule has 0 saturated heterocycles. The zero-order valence-electron chi connectivity index (χ0n) is 12.2. The van der Waals surface area contributed by atoms with Crippen molar-refractivity contribution in [1.82, 2.24) is 4.90 Å². The number of fused-ring (bicyclic) bond motifs is 1. The molecule has 0 radical (unpaired) electrons. The van der Waals surface area contributed by atoms with Gasteiger partial charge in [0.05, 0.1) is 6.04 Å². The molecule has 0 bridgehead atoms. The average Bonchev–Trinajstić information content (AvgIpc) is 2.68. The average molecular weight is 266 g/mol. The number of rotatable bonds is 2. The molecule has 2 aromatic rings. The molecule has 1 atom stereocenters. The van der Waals surface area contributed by atoms with E-state index in [1.807, 2.05) is 0 Å². The maximum absolute atomic E-state index is 3.62. The lowest BCUT2D eigenvalue weighted by molar-refractivity contribution is 0.154. The lowest BCUT2D eigenvalue weighted by atomic mass is 10.0. The van der Waals surface area contributed by atoms with E-state index in [4.69, 9.17) is 0 Å². The van der Waals surface area contributed by atoms with Crippen LogP contribution in [-0.4, -0.2) is 17.5 Å². The van der Waals surface area contributed by atoms with Gasteiger partial charge in [-0.3, -0.25) is 4.90 Å². The zero-order chi connectivity index (χ0) is 13.9. The molecule has 0 saturated carbocycles. The summed E-state index contributed by atoms with van der Waals surface area (Å²) in [5, 5.41) is 3.62. The van der Waals surface area contributed by atoms with Crippen molar-refractivity contribution in [1.29, 1.82) is 0 Å². The normalized spacial score (nSPS) is 19.2. The fourth-order valence-corrected chi connectivity index (χ4v) is 2.99. The standard InChI is InChI=1S/C18H22N2/c1-14(2)20-13-16-10-6-7-11-17(16)19-12-18(20)15-8-4-3-5-9-15/h3-11,14,18-19H,12-13H2,1-2H3. The lowest BCUT2D eigenvalue weighted by Gasteiger charge is -2.33. The van der Waals surface area contributed by atoms with Crippen molar-refractivity contribution in [2.45, 2.75) is 32.5 Å². The molecule has 1 unspecified atom stereocenters. The van der Waals surface area contributed by atoms with Gasteiger partial charge in [0.1, 0.15) is 0 Å². The predicted molar refractivity (Wildman–Crippen MR) is 84.8 cm³/mol. The summed E-state index contributed by atoms with van der Waals surface area (Å²) in [6, 6.07) is 20.4. The van der Waals surface area contributed by atoms with Gasteiger partial charge in [0, 0.05) is 24.8 Å². The number of nitrogens with zero attached hydrogens (tertiary/aromatic N) is 1. The summed E-state index contributed by atoms with van der Waals surface area (Å²) < 4.78 is 0. The Balaban J connectivity index is 1.96. The van der Waals surface area contributed by atoms with Crippen molar-refractivity contribution in [3.8, 4) is 0 Å². The van der Waals surface area contributed by atoms with Crippen LogP contribution >= 0.6 is 0 Å². The quantitative estimate of drug-likeness (QED) is 0.881. The highest BCUT2D eigenvalue weighted by Crippen LogP contribution is 2.31. The minimum atomic E-state index is 0.420. The van der Waals surface area contributed by atoms with Crippen LogP contribution in [0.5, 0.6) is 0 Å². The van der Waals surface area contributed by atoms with E-state index in [9.17, 15) is 0 Å². The van der Waals surface area contributed by atoms with Gasteiger partial charge in [-0.05, 0) is 31.0 Å². The molecule has 3 rings (SSSR count).